The summed E-state index contributed by atoms with van der Waals surface area (Å²) in [6.07, 6.45) is 0.753. The van der Waals surface area contributed by atoms with Gasteiger partial charge in [0.1, 0.15) is 11.5 Å². The van der Waals surface area contributed by atoms with Crippen molar-refractivity contribution in [1.29, 1.82) is 0 Å². The van der Waals surface area contributed by atoms with Gasteiger partial charge in [-0.15, -0.1) is 0 Å². The van der Waals surface area contributed by atoms with Crippen LogP contribution in [0.15, 0.2) is 71.9 Å². The number of methoxy groups -OCH3 is 2. The number of hydrogen-bond donors (Lipinski definition) is 3. The van der Waals surface area contributed by atoms with Crippen molar-refractivity contribution in [2.75, 3.05) is 31.8 Å². The third kappa shape index (κ3) is 7.13. The number of aromatic amines is 1. The number of thioether (sulfide) groups is 1. The molecule has 0 atom stereocenters. The Hall–Kier alpha value is -3.33. The zero-order chi connectivity index (χ0) is 26.2. The minimum atomic E-state index is -0.323. The largest absolute Gasteiger partial charge is 0.497 e. The molecule has 4 rings (SSSR count). The van der Waals surface area contributed by atoms with Crippen molar-refractivity contribution < 1.29 is 14.3 Å². The fourth-order valence-corrected chi connectivity index (χ4v) is 4.81. The number of rotatable bonds is 10. The van der Waals surface area contributed by atoms with E-state index in [9.17, 15) is 4.79 Å². The molecule has 0 fully saturated rings. The normalized spacial score (nSPS) is 10.7. The van der Waals surface area contributed by atoms with E-state index >= 15 is 0 Å². The first kappa shape index (κ1) is 26.7. The Kier molecular flexibility index (Phi) is 9.22. The van der Waals surface area contributed by atoms with Crippen LogP contribution in [0.4, 0.5) is 10.5 Å². The molecule has 0 aliphatic carbocycles. The van der Waals surface area contributed by atoms with Crippen LogP contribution >= 0.6 is 35.0 Å². The lowest BCUT2D eigenvalue weighted by Gasteiger charge is -2.09. The van der Waals surface area contributed by atoms with E-state index in [1.54, 1.807) is 44.2 Å². The van der Waals surface area contributed by atoms with Crippen LogP contribution in [0.5, 0.6) is 11.5 Å². The van der Waals surface area contributed by atoms with E-state index in [0.717, 1.165) is 51.3 Å². The topological polar surface area (TPSA) is 88.3 Å². The monoisotopic (exact) mass is 556 g/mol. The van der Waals surface area contributed by atoms with Crippen LogP contribution in [0.3, 0.4) is 0 Å². The number of nitrogens with one attached hydrogen (secondary N) is 3. The SMILES string of the molecule is COc1ccc(-c2nc(SCCCNC(=O)Nc3ccc(Cl)cc3Cl)[nH]c2-c2ccc(OC)cc2)cc1. The summed E-state index contributed by atoms with van der Waals surface area (Å²) in [5.74, 6) is 2.34. The van der Waals surface area contributed by atoms with Gasteiger partial charge in [-0.25, -0.2) is 9.78 Å². The first-order valence-electron chi connectivity index (χ1n) is 11.5. The molecule has 3 N–H and O–H groups in total. The average Bonchev–Trinajstić information content (AvgIpc) is 3.34. The Bertz CT molecular complexity index is 1280. The first-order valence-corrected chi connectivity index (χ1v) is 13.2. The zero-order valence-electron chi connectivity index (χ0n) is 20.3. The number of ether oxygens (including phenoxy) is 2. The summed E-state index contributed by atoms with van der Waals surface area (Å²) in [6.45, 7) is 0.501. The number of aromatic nitrogens is 2. The summed E-state index contributed by atoms with van der Waals surface area (Å²) >= 11 is 13.6. The van der Waals surface area contributed by atoms with Gasteiger partial charge in [0.2, 0.25) is 0 Å². The van der Waals surface area contributed by atoms with E-state index in [4.69, 9.17) is 37.7 Å². The molecule has 0 aliphatic rings. The van der Waals surface area contributed by atoms with E-state index in [2.05, 4.69) is 15.6 Å². The van der Waals surface area contributed by atoms with Gasteiger partial charge in [0.15, 0.2) is 5.16 Å². The number of halogens is 2. The molecule has 0 saturated heterocycles. The molecule has 0 saturated carbocycles. The van der Waals surface area contributed by atoms with Crippen molar-refractivity contribution in [2.45, 2.75) is 11.6 Å². The number of nitrogens with zero attached hydrogens (tertiary/aromatic N) is 1. The van der Waals surface area contributed by atoms with Gasteiger partial charge in [-0.2, -0.15) is 0 Å². The summed E-state index contributed by atoms with van der Waals surface area (Å²) in [5, 5.41) is 7.26. The molecular weight excluding hydrogens is 531 g/mol. The summed E-state index contributed by atoms with van der Waals surface area (Å²) < 4.78 is 10.6. The highest BCUT2D eigenvalue weighted by atomic mass is 35.5. The van der Waals surface area contributed by atoms with Gasteiger partial charge < -0.3 is 25.1 Å². The highest BCUT2D eigenvalue weighted by Gasteiger charge is 2.15. The number of amides is 2. The van der Waals surface area contributed by atoms with E-state index in [1.165, 1.54) is 0 Å². The molecule has 0 radical (unpaired) electrons. The van der Waals surface area contributed by atoms with Gasteiger partial charge in [-0.1, -0.05) is 35.0 Å². The first-order chi connectivity index (χ1) is 18.0. The number of H-pyrrole nitrogens is 1. The number of benzene rings is 3. The lowest BCUT2D eigenvalue weighted by molar-refractivity contribution is 0.252. The standard InChI is InChI=1S/C27H26Cl2N4O3S/c1-35-20-9-4-17(5-10-20)24-25(18-6-11-21(36-2)12-7-18)33-27(32-24)37-15-3-14-30-26(34)31-23-13-8-19(28)16-22(23)29/h4-13,16H,3,14-15H2,1-2H3,(H,32,33)(H2,30,31,34). The molecular formula is C27H26Cl2N4O3S. The fourth-order valence-electron chi connectivity index (χ4n) is 3.54. The Labute approximate surface area is 229 Å². The summed E-state index contributed by atoms with van der Waals surface area (Å²) in [5.41, 5.74) is 4.27. The predicted octanol–water partition coefficient (Wildman–Crippen LogP) is 7.37. The van der Waals surface area contributed by atoms with Crippen LogP contribution in [-0.2, 0) is 0 Å². The molecule has 1 aromatic heterocycles. The Morgan fingerprint density at radius 2 is 1.59 bits per heavy atom. The van der Waals surface area contributed by atoms with Crippen molar-refractivity contribution in [3.05, 3.63) is 76.8 Å². The quantitative estimate of drug-likeness (QED) is 0.140. The maximum absolute atomic E-state index is 12.2. The number of anilines is 1. The lowest BCUT2D eigenvalue weighted by Crippen LogP contribution is -2.29. The van der Waals surface area contributed by atoms with E-state index < -0.39 is 0 Å². The van der Waals surface area contributed by atoms with Crippen LogP contribution < -0.4 is 20.1 Å². The van der Waals surface area contributed by atoms with Crippen molar-refractivity contribution in [2.24, 2.45) is 0 Å². The van der Waals surface area contributed by atoms with Crippen LogP contribution in [0.2, 0.25) is 10.0 Å². The van der Waals surface area contributed by atoms with Gasteiger partial charge in [-0.3, -0.25) is 0 Å². The predicted molar refractivity (Wildman–Crippen MR) is 151 cm³/mol. The molecule has 0 bridgehead atoms. The second-order valence-corrected chi connectivity index (χ2v) is 9.86. The van der Waals surface area contributed by atoms with Gasteiger partial charge in [-0.05, 0) is 73.2 Å². The molecule has 4 aromatic rings. The Morgan fingerprint density at radius 1 is 0.946 bits per heavy atom. The summed E-state index contributed by atoms with van der Waals surface area (Å²) in [7, 11) is 3.29. The maximum Gasteiger partial charge on any atom is 0.319 e. The second-order valence-electron chi connectivity index (χ2n) is 7.93. The van der Waals surface area contributed by atoms with Gasteiger partial charge >= 0.3 is 6.03 Å². The molecule has 0 unspecified atom stereocenters. The number of imidazole rings is 1. The van der Waals surface area contributed by atoms with Crippen LogP contribution in [-0.4, -0.2) is 42.5 Å². The Morgan fingerprint density at radius 3 is 2.22 bits per heavy atom. The van der Waals surface area contributed by atoms with Crippen molar-refractivity contribution in [3.8, 4) is 34.0 Å². The van der Waals surface area contributed by atoms with E-state index in [1.807, 2.05) is 48.5 Å². The third-order valence-electron chi connectivity index (χ3n) is 5.45. The molecule has 10 heteroatoms. The van der Waals surface area contributed by atoms with Crippen LogP contribution in [0.25, 0.3) is 22.5 Å². The number of carbonyl (C=O) groups is 1. The Balaban J connectivity index is 1.38. The smallest absolute Gasteiger partial charge is 0.319 e. The van der Waals surface area contributed by atoms with Gasteiger partial charge in [0.05, 0.1) is 36.3 Å². The summed E-state index contributed by atoms with van der Waals surface area (Å²) in [6, 6.07) is 20.3. The maximum atomic E-state index is 12.2. The van der Waals surface area contributed by atoms with E-state index in [-0.39, 0.29) is 6.03 Å². The molecule has 0 spiro atoms. The minimum absolute atomic E-state index is 0.323. The molecule has 0 aliphatic heterocycles. The molecule has 7 nitrogen and oxygen atoms in total. The van der Waals surface area contributed by atoms with Crippen molar-refractivity contribution >= 4 is 46.7 Å². The second kappa shape index (κ2) is 12.8. The van der Waals surface area contributed by atoms with Crippen LogP contribution in [0.1, 0.15) is 6.42 Å². The lowest BCUT2D eigenvalue weighted by atomic mass is 10.0. The molecule has 2 amide bonds. The fraction of sp³-hybridized carbons (Fsp3) is 0.185. The third-order valence-corrected chi connectivity index (χ3v) is 6.96. The van der Waals surface area contributed by atoms with Crippen molar-refractivity contribution in [1.82, 2.24) is 15.3 Å². The molecule has 37 heavy (non-hydrogen) atoms. The van der Waals surface area contributed by atoms with Gasteiger partial charge in [0, 0.05) is 28.4 Å². The van der Waals surface area contributed by atoms with E-state index in [0.29, 0.717) is 22.3 Å². The summed E-state index contributed by atoms with van der Waals surface area (Å²) in [4.78, 5) is 20.5. The highest BCUT2D eigenvalue weighted by molar-refractivity contribution is 7.99. The number of carbonyl (C=O) groups excluding carboxylic acids is 1. The minimum Gasteiger partial charge on any atom is -0.497 e. The van der Waals surface area contributed by atoms with Crippen molar-refractivity contribution in [3.63, 3.8) is 0 Å². The molecule has 1 heterocycles. The highest BCUT2D eigenvalue weighted by Crippen LogP contribution is 2.34. The average molecular weight is 558 g/mol. The molecule has 192 valence electrons. The van der Waals surface area contributed by atoms with Gasteiger partial charge in [0.25, 0.3) is 0 Å². The number of urea groups is 1. The number of hydrogen-bond acceptors (Lipinski definition) is 5. The zero-order valence-corrected chi connectivity index (χ0v) is 22.6. The molecule has 3 aromatic carbocycles. The van der Waals surface area contributed by atoms with Crippen LogP contribution in [0, 0.1) is 0 Å².